The first-order valence-corrected chi connectivity index (χ1v) is 7.06. The van der Waals surface area contributed by atoms with Crippen LogP contribution in [0.25, 0.3) is 0 Å². The summed E-state index contributed by atoms with van der Waals surface area (Å²) >= 11 is 0. The Morgan fingerprint density at radius 3 is 2.68 bits per heavy atom. The van der Waals surface area contributed by atoms with Gasteiger partial charge in [0.1, 0.15) is 0 Å². The fourth-order valence-electron chi connectivity index (χ4n) is 2.40. The zero-order valence-corrected chi connectivity index (χ0v) is 12.6. The van der Waals surface area contributed by atoms with E-state index in [1.54, 1.807) is 6.20 Å². The van der Waals surface area contributed by atoms with E-state index in [0.717, 1.165) is 16.8 Å². The molecule has 0 spiro atoms. The van der Waals surface area contributed by atoms with Gasteiger partial charge in [-0.1, -0.05) is 36.4 Å². The number of hydrogen-bond donors (Lipinski definition) is 0. The Kier molecular flexibility index (Phi) is 3.83. The zero-order chi connectivity index (χ0) is 15.5. The van der Waals surface area contributed by atoms with Crippen molar-refractivity contribution >= 4 is 11.7 Å². The molecule has 1 aliphatic rings. The van der Waals surface area contributed by atoms with Crippen molar-refractivity contribution in [3.05, 3.63) is 71.6 Å². The molecule has 3 rings (SSSR count). The molecule has 0 bridgehead atoms. The van der Waals surface area contributed by atoms with E-state index in [4.69, 9.17) is 9.47 Å². The Morgan fingerprint density at radius 1 is 1.18 bits per heavy atom. The van der Waals surface area contributed by atoms with E-state index in [1.807, 2.05) is 48.2 Å². The third-order valence-electron chi connectivity index (χ3n) is 3.50. The molecule has 0 radical (unpaired) electrons. The summed E-state index contributed by atoms with van der Waals surface area (Å²) in [7, 11) is 1.35. The van der Waals surface area contributed by atoms with Crippen LogP contribution in [-0.4, -0.2) is 13.1 Å². The molecule has 0 aromatic heterocycles. The zero-order valence-electron chi connectivity index (χ0n) is 12.6. The van der Waals surface area contributed by atoms with E-state index < -0.39 is 5.97 Å². The second-order valence-electron chi connectivity index (χ2n) is 5.17. The van der Waals surface area contributed by atoms with Gasteiger partial charge in [-0.25, -0.2) is 4.79 Å². The molecule has 0 fully saturated rings. The quantitative estimate of drug-likeness (QED) is 0.813. The number of nitrogens with zero attached hydrogens (tertiary/aromatic N) is 1. The number of anilines is 1. The van der Waals surface area contributed by atoms with Crippen molar-refractivity contribution < 1.29 is 14.3 Å². The molecule has 0 atom stereocenters. The van der Waals surface area contributed by atoms with Crippen LogP contribution in [0.1, 0.15) is 11.1 Å². The van der Waals surface area contributed by atoms with E-state index >= 15 is 0 Å². The summed E-state index contributed by atoms with van der Waals surface area (Å²) < 4.78 is 10.4. The molecule has 4 heteroatoms. The molecule has 0 saturated carbocycles. The Hall–Kier alpha value is -2.75. The number of carbonyl (C=O) groups excluding carboxylic acids is 1. The minimum Gasteiger partial charge on any atom is -0.463 e. The van der Waals surface area contributed by atoms with Gasteiger partial charge in [-0.3, -0.25) is 0 Å². The summed E-state index contributed by atoms with van der Waals surface area (Å²) in [4.78, 5) is 13.8. The van der Waals surface area contributed by atoms with Crippen LogP contribution in [-0.2, 0) is 16.1 Å². The van der Waals surface area contributed by atoms with Gasteiger partial charge in [0.15, 0.2) is 5.75 Å². The Morgan fingerprint density at radius 2 is 1.95 bits per heavy atom. The summed E-state index contributed by atoms with van der Waals surface area (Å²) in [5.74, 6) is 0.364. The van der Waals surface area contributed by atoms with Crippen LogP contribution in [0.3, 0.4) is 0 Å². The molecule has 0 aliphatic carbocycles. The Bertz CT molecular complexity index is 722. The highest BCUT2D eigenvalue weighted by atomic mass is 16.6. The molecule has 1 aliphatic heterocycles. The van der Waals surface area contributed by atoms with Crippen LogP contribution >= 0.6 is 0 Å². The van der Waals surface area contributed by atoms with Crippen LogP contribution in [0.4, 0.5) is 5.69 Å². The smallest absolute Gasteiger partial charge is 0.375 e. The van der Waals surface area contributed by atoms with Crippen molar-refractivity contribution in [2.24, 2.45) is 0 Å². The van der Waals surface area contributed by atoms with Crippen molar-refractivity contribution in [2.75, 3.05) is 12.0 Å². The van der Waals surface area contributed by atoms with Crippen LogP contribution in [0.15, 0.2) is 60.5 Å². The maximum atomic E-state index is 11.8. The normalized spacial score (nSPS) is 13.0. The van der Waals surface area contributed by atoms with Gasteiger partial charge in [-0.05, 0) is 30.2 Å². The van der Waals surface area contributed by atoms with Crippen molar-refractivity contribution in [1.29, 1.82) is 0 Å². The van der Waals surface area contributed by atoms with E-state index in [2.05, 4.69) is 12.1 Å². The second-order valence-corrected chi connectivity index (χ2v) is 5.17. The lowest BCUT2D eigenvalue weighted by Gasteiger charge is -2.28. The first-order valence-electron chi connectivity index (χ1n) is 7.06. The lowest BCUT2D eigenvalue weighted by atomic mass is 10.1. The fraction of sp³-hybridized carbons (Fsp3) is 0.167. The van der Waals surface area contributed by atoms with E-state index in [1.165, 1.54) is 7.11 Å². The highest BCUT2D eigenvalue weighted by Crippen LogP contribution is 2.36. The maximum absolute atomic E-state index is 11.8. The monoisotopic (exact) mass is 295 g/mol. The fourth-order valence-corrected chi connectivity index (χ4v) is 2.40. The predicted octanol–water partition coefficient (Wildman–Crippen LogP) is 3.41. The average molecular weight is 295 g/mol. The molecular formula is C18H17NO3. The van der Waals surface area contributed by atoms with E-state index in [9.17, 15) is 4.79 Å². The number of carbonyl (C=O) groups is 1. The van der Waals surface area contributed by atoms with Gasteiger partial charge in [0.25, 0.3) is 0 Å². The van der Waals surface area contributed by atoms with E-state index in [-0.39, 0.29) is 5.76 Å². The molecule has 2 aromatic carbocycles. The van der Waals surface area contributed by atoms with Gasteiger partial charge in [-0.15, -0.1) is 0 Å². The van der Waals surface area contributed by atoms with Crippen LogP contribution in [0, 0.1) is 6.92 Å². The summed E-state index contributed by atoms with van der Waals surface area (Å²) in [6, 6.07) is 16.0. The number of benzene rings is 2. The van der Waals surface area contributed by atoms with Gasteiger partial charge in [0.2, 0.25) is 5.76 Å². The molecular weight excluding hydrogens is 278 g/mol. The minimum atomic E-state index is -0.482. The van der Waals surface area contributed by atoms with Crippen molar-refractivity contribution in [1.82, 2.24) is 0 Å². The lowest BCUT2D eigenvalue weighted by molar-refractivity contribution is -0.138. The van der Waals surface area contributed by atoms with E-state index in [0.29, 0.717) is 12.3 Å². The SMILES string of the molecule is COC(=O)C1=CN(Cc2ccccc2)c2cc(C)ccc2O1. The van der Waals surface area contributed by atoms with Gasteiger partial charge in [-0.2, -0.15) is 0 Å². The van der Waals surface area contributed by atoms with Crippen LogP contribution < -0.4 is 9.64 Å². The van der Waals surface area contributed by atoms with Crippen LogP contribution in [0.5, 0.6) is 5.75 Å². The minimum absolute atomic E-state index is 0.190. The number of methoxy groups -OCH3 is 1. The summed E-state index contributed by atoms with van der Waals surface area (Å²) in [6.07, 6.45) is 1.70. The third-order valence-corrected chi connectivity index (χ3v) is 3.50. The van der Waals surface area contributed by atoms with Crippen molar-refractivity contribution in [3.8, 4) is 5.75 Å². The number of rotatable bonds is 3. The molecule has 0 amide bonds. The Balaban J connectivity index is 1.99. The molecule has 2 aromatic rings. The topological polar surface area (TPSA) is 38.8 Å². The molecule has 0 unspecified atom stereocenters. The molecule has 0 N–H and O–H groups in total. The predicted molar refractivity (Wildman–Crippen MR) is 84.5 cm³/mol. The second kappa shape index (κ2) is 5.93. The number of hydrogen-bond acceptors (Lipinski definition) is 4. The van der Waals surface area contributed by atoms with Crippen molar-refractivity contribution in [2.45, 2.75) is 13.5 Å². The summed E-state index contributed by atoms with van der Waals surface area (Å²) in [6.45, 7) is 2.68. The summed E-state index contributed by atoms with van der Waals surface area (Å²) in [5, 5.41) is 0. The standard InChI is InChI=1S/C18H17NO3/c1-13-8-9-16-15(10-13)19(11-14-6-4-3-5-7-14)12-17(22-16)18(20)21-2/h3-10,12H,11H2,1-2H3. The molecule has 0 saturated heterocycles. The van der Waals surface area contributed by atoms with Gasteiger partial charge in [0, 0.05) is 6.54 Å². The highest BCUT2D eigenvalue weighted by Gasteiger charge is 2.24. The molecule has 4 nitrogen and oxygen atoms in total. The number of aryl methyl sites for hydroxylation is 1. The number of esters is 1. The maximum Gasteiger partial charge on any atom is 0.375 e. The largest absolute Gasteiger partial charge is 0.463 e. The average Bonchev–Trinajstić information content (AvgIpc) is 2.55. The summed E-state index contributed by atoms with van der Waals surface area (Å²) in [5.41, 5.74) is 3.23. The first kappa shape index (κ1) is 14.2. The van der Waals surface area contributed by atoms with Gasteiger partial charge >= 0.3 is 5.97 Å². The number of ether oxygens (including phenoxy) is 2. The van der Waals surface area contributed by atoms with Gasteiger partial charge in [0.05, 0.1) is 19.0 Å². The lowest BCUT2D eigenvalue weighted by Crippen LogP contribution is -2.25. The first-order chi connectivity index (χ1) is 10.7. The van der Waals surface area contributed by atoms with Gasteiger partial charge < -0.3 is 14.4 Å². The molecule has 1 heterocycles. The Labute approximate surface area is 129 Å². The molecule has 112 valence electrons. The third kappa shape index (κ3) is 2.81. The number of fused-ring (bicyclic) bond motifs is 1. The van der Waals surface area contributed by atoms with Crippen molar-refractivity contribution in [3.63, 3.8) is 0 Å². The molecule has 22 heavy (non-hydrogen) atoms. The van der Waals surface area contributed by atoms with Crippen LogP contribution in [0.2, 0.25) is 0 Å². The highest BCUT2D eigenvalue weighted by molar-refractivity contribution is 5.88.